The van der Waals surface area contributed by atoms with E-state index in [9.17, 15) is 9.59 Å². The maximum absolute atomic E-state index is 12.5. The quantitative estimate of drug-likeness (QED) is 0.865. The van der Waals surface area contributed by atoms with Crippen molar-refractivity contribution in [3.63, 3.8) is 0 Å². The van der Waals surface area contributed by atoms with Crippen LogP contribution in [0.5, 0.6) is 0 Å². The Labute approximate surface area is 123 Å². The molecule has 0 radical (unpaired) electrons. The summed E-state index contributed by atoms with van der Waals surface area (Å²) >= 11 is 3.26. The van der Waals surface area contributed by atoms with E-state index in [4.69, 9.17) is 0 Å². The van der Waals surface area contributed by atoms with E-state index < -0.39 is 5.66 Å². The van der Waals surface area contributed by atoms with Crippen LogP contribution in [-0.4, -0.2) is 15.5 Å². The number of hydrogen-bond acceptors (Lipinski definition) is 3. The molecule has 1 aliphatic heterocycles. The summed E-state index contributed by atoms with van der Waals surface area (Å²) < 4.78 is 1.94. The van der Waals surface area contributed by atoms with Crippen LogP contribution < -0.4 is 10.9 Å². The van der Waals surface area contributed by atoms with Gasteiger partial charge in [0.1, 0.15) is 11.4 Å². The maximum Gasteiger partial charge on any atom is 0.270 e. The molecule has 0 aliphatic carbocycles. The van der Waals surface area contributed by atoms with Gasteiger partial charge in [-0.25, -0.2) is 0 Å². The molecule has 1 unspecified atom stereocenters. The lowest BCUT2D eigenvalue weighted by Crippen LogP contribution is -2.45. The van der Waals surface area contributed by atoms with E-state index in [1.165, 1.54) is 4.57 Å². The number of halogens is 1. The van der Waals surface area contributed by atoms with Gasteiger partial charge in [-0.15, -0.1) is 0 Å². The van der Waals surface area contributed by atoms with Crippen LogP contribution >= 0.6 is 15.9 Å². The van der Waals surface area contributed by atoms with Gasteiger partial charge in [0.2, 0.25) is 0 Å². The van der Waals surface area contributed by atoms with Crippen molar-refractivity contribution in [1.82, 2.24) is 14.9 Å². The Morgan fingerprint density at radius 3 is 2.60 bits per heavy atom. The zero-order chi connectivity index (χ0) is 14.5. The number of nitrogens with one attached hydrogen (secondary N) is 1. The van der Waals surface area contributed by atoms with E-state index >= 15 is 0 Å². The molecule has 20 heavy (non-hydrogen) atoms. The van der Waals surface area contributed by atoms with Crippen LogP contribution in [-0.2, 0) is 5.66 Å². The molecule has 1 amide bonds. The van der Waals surface area contributed by atoms with Gasteiger partial charge >= 0.3 is 0 Å². The topological polar surface area (TPSA) is 64.0 Å². The smallest absolute Gasteiger partial charge is 0.270 e. The van der Waals surface area contributed by atoms with Gasteiger partial charge in [-0.3, -0.25) is 19.1 Å². The Bertz CT molecular complexity index is 770. The second-order valence-corrected chi connectivity index (χ2v) is 5.78. The first-order chi connectivity index (χ1) is 9.45. The van der Waals surface area contributed by atoms with E-state index in [0.29, 0.717) is 10.2 Å². The Kier molecular flexibility index (Phi) is 2.79. The van der Waals surface area contributed by atoms with Crippen LogP contribution in [0.3, 0.4) is 0 Å². The van der Waals surface area contributed by atoms with Crippen molar-refractivity contribution in [3.05, 3.63) is 62.2 Å². The molecule has 0 aromatic carbocycles. The third kappa shape index (κ3) is 1.64. The Morgan fingerprint density at radius 1 is 1.30 bits per heavy atom. The van der Waals surface area contributed by atoms with Crippen molar-refractivity contribution < 1.29 is 4.79 Å². The molecule has 2 aromatic rings. The minimum absolute atomic E-state index is 0.233. The summed E-state index contributed by atoms with van der Waals surface area (Å²) in [6.45, 7) is 3.62. The Hall–Kier alpha value is -1.95. The summed E-state index contributed by atoms with van der Waals surface area (Å²) in [5, 5.41) is 2.90. The summed E-state index contributed by atoms with van der Waals surface area (Å²) in [6.07, 6.45) is 3.28. The van der Waals surface area contributed by atoms with Gasteiger partial charge in [0, 0.05) is 18.0 Å². The number of hydrogen-bond donors (Lipinski definition) is 1. The maximum atomic E-state index is 12.5. The first kappa shape index (κ1) is 13.1. The monoisotopic (exact) mass is 333 g/mol. The minimum atomic E-state index is -0.902. The highest BCUT2D eigenvalue weighted by molar-refractivity contribution is 9.10. The molecule has 2 aromatic heterocycles. The van der Waals surface area contributed by atoms with E-state index in [0.717, 1.165) is 11.1 Å². The van der Waals surface area contributed by atoms with Crippen molar-refractivity contribution in [1.29, 1.82) is 0 Å². The minimum Gasteiger partial charge on any atom is -0.324 e. The van der Waals surface area contributed by atoms with E-state index in [1.54, 1.807) is 30.6 Å². The molecule has 5 nitrogen and oxygen atoms in total. The normalized spacial score (nSPS) is 20.6. The van der Waals surface area contributed by atoms with Gasteiger partial charge in [0.15, 0.2) is 0 Å². The summed E-state index contributed by atoms with van der Waals surface area (Å²) in [5.41, 5.74) is 0.827. The molecule has 0 saturated carbocycles. The van der Waals surface area contributed by atoms with Gasteiger partial charge < -0.3 is 5.32 Å². The zero-order valence-electron chi connectivity index (χ0n) is 11.0. The van der Waals surface area contributed by atoms with Crippen molar-refractivity contribution in [2.75, 3.05) is 0 Å². The van der Waals surface area contributed by atoms with Crippen molar-refractivity contribution >= 4 is 21.8 Å². The van der Waals surface area contributed by atoms with Gasteiger partial charge in [0.05, 0.1) is 4.47 Å². The van der Waals surface area contributed by atoms with Crippen LogP contribution in [0.15, 0.2) is 39.9 Å². The molecule has 1 aliphatic rings. The third-order valence-electron chi connectivity index (χ3n) is 3.61. The zero-order valence-corrected chi connectivity index (χ0v) is 12.6. The summed E-state index contributed by atoms with van der Waals surface area (Å²) in [7, 11) is 0. The predicted molar refractivity (Wildman–Crippen MR) is 77.6 cm³/mol. The van der Waals surface area contributed by atoms with E-state index in [-0.39, 0.29) is 11.5 Å². The number of carbonyl (C=O) groups excluding carboxylic acids is 1. The van der Waals surface area contributed by atoms with Gasteiger partial charge in [0.25, 0.3) is 11.5 Å². The van der Waals surface area contributed by atoms with E-state index in [2.05, 4.69) is 26.2 Å². The van der Waals surface area contributed by atoms with Crippen LogP contribution in [0.2, 0.25) is 0 Å². The molecular weight excluding hydrogens is 322 g/mol. The molecule has 102 valence electrons. The lowest BCUT2D eigenvalue weighted by Gasteiger charge is -2.27. The highest BCUT2D eigenvalue weighted by Crippen LogP contribution is 2.30. The number of amides is 1. The molecule has 0 fully saturated rings. The number of fused-ring (bicyclic) bond motifs is 1. The van der Waals surface area contributed by atoms with E-state index in [1.807, 2.05) is 13.8 Å². The third-order valence-corrected chi connectivity index (χ3v) is 4.18. The van der Waals surface area contributed by atoms with Crippen molar-refractivity contribution in [2.45, 2.75) is 19.5 Å². The lowest BCUT2D eigenvalue weighted by atomic mass is 10.0. The van der Waals surface area contributed by atoms with Crippen LogP contribution in [0.25, 0.3) is 0 Å². The second-order valence-electron chi connectivity index (χ2n) is 4.93. The van der Waals surface area contributed by atoms with Crippen molar-refractivity contribution in [3.8, 4) is 0 Å². The Morgan fingerprint density at radius 2 is 1.95 bits per heavy atom. The number of nitrogens with zero attached hydrogens (tertiary/aromatic N) is 2. The lowest BCUT2D eigenvalue weighted by molar-refractivity contribution is 0.0941. The van der Waals surface area contributed by atoms with Gasteiger partial charge in [-0.2, -0.15) is 0 Å². The van der Waals surface area contributed by atoms with Crippen LogP contribution in [0.4, 0.5) is 0 Å². The van der Waals surface area contributed by atoms with Crippen molar-refractivity contribution in [2.24, 2.45) is 0 Å². The predicted octanol–water partition coefficient (Wildman–Crippen LogP) is 1.78. The molecule has 1 N–H and O–H groups in total. The molecular formula is C14H12BrN3O2. The number of carbonyl (C=O) groups is 1. The molecule has 6 heteroatoms. The molecule has 3 heterocycles. The fraction of sp³-hybridized carbons (Fsp3) is 0.214. The SMILES string of the molecule is Cc1cc(Br)c(=O)n2c1C(=O)NC2(C)c1ccncc1. The highest BCUT2D eigenvalue weighted by atomic mass is 79.9. The molecule has 0 spiro atoms. The van der Waals surface area contributed by atoms with Gasteiger partial charge in [-0.1, -0.05) is 0 Å². The Balaban J connectivity index is 2.37. The van der Waals surface area contributed by atoms with Crippen LogP contribution in [0.1, 0.15) is 28.5 Å². The average molecular weight is 334 g/mol. The average Bonchev–Trinajstić information content (AvgIpc) is 2.70. The summed E-state index contributed by atoms with van der Waals surface area (Å²) in [6, 6.07) is 5.25. The molecule has 0 saturated heterocycles. The highest BCUT2D eigenvalue weighted by Gasteiger charge is 2.42. The number of aromatic nitrogens is 2. The first-order valence-corrected chi connectivity index (χ1v) is 6.90. The first-order valence-electron chi connectivity index (χ1n) is 6.11. The number of aryl methyl sites for hydroxylation is 1. The molecule has 0 bridgehead atoms. The number of rotatable bonds is 1. The molecule has 1 atom stereocenters. The van der Waals surface area contributed by atoms with Crippen LogP contribution in [0, 0.1) is 6.92 Å². The summed E-state index contributed by atoms with van der Waals surface area (Å²) in [5.74, 6) is -0.244. The second kappa shape index (κ2) is 4.28. The standard InChI is InChI=1S/C14H12BrN3O2/c1-8-7-10(15)13(20)18-11(8)12(19)17-14(18,2)9-3-5-16-6-4-9/h3-7H,1-2H3,(H,17,19). The van der Waals surface area contributed by atoms with Gasteiger partial charge in [-0.05, 0) is 53.5 Å². The summed E-state index contributed by atoms with van der Waals surface area (Å²) in [4.78, 5) is 28.7. The largest absolute Gasteiger partial charge is 0.324 e. The molecule has 3 rings (SSSR count). The fourth-order valence-electron chi connectivity index (χ4n) is 2.63. The number of pyridine rings is 2. The fourth-order valence-corrected chi connectivity index (χ4v) is 3.15.